The van der Waals surface area contributed by atoms with Crippen LogP contribution in [0.4, 0.5) is 0 Å². The molecule has 0 amide bonds. The lowest BCUT2D eigenvalue weighted by Gasteiger charge is -2.10. The second kappa shape index (κ2) is 5.97. The van der Waals surface area contributed by atoms with Gasteiger partial charge in [0.25, 0.3) is 0 Å². The summed E-state index contributed by atoms with van der Waals surface area (Å²) in [6.45, 7) is 0. The van der Waals surface area contributed by atoms with Crippen LogP contribution in [0.25, 0.3) is 10.8 Å². The van der Waals surface area contributed by atoms with E-state index in [9.17, 15) is 0 Å². The zero-order valence-corrected chi connectivity index (χ0v) is 13.4. The first kappa shape index (κ1) is 13.6. The first-order valence-electron chi connectivity index (χ1n) is 6.14. The zero-order valence-electron chi connectivity index (χ0n) is 10.5. The molecule has 0 aliphatic rings. The summed E-state index contributed by atoms with van der Waals surface area (Å²) >= 11 is 8.22. The SMILES string of the molecule is ClCc1cnc(Oc2cccc(I)c2)c2ccccc12. The lowest BCUT2D eigenvalue weighted by Crippen LogP contribution is -1.92. The van der Waals surface area contributed by atoms with E-state index in [1.165, 1.54) is 0 Å². The molecule has 1 aromatic heterocycles. The van der Waals surface area contributed by atoms with Crippen LogP contribution >= 0.6 is 34.2 Å². The van der Waals surface area contributed by atoms with Crippen LogP contribution in [0, 0.1) is 3.57 Å². The standard InChI is InChI=1S/C16H11ClINO/c17-9-11-10-19-16(15-7-2-1-6-14(11)15)20-13-5-3-4-12(18)8-13/h1-8,10H,9H2. The highest BCUT2D eigenvalue weighted by Gasteiger charge is 2.08. The maximum absolute atomic E-state index is 5.96. The second-order valence-corrected chi connectivity index (χ2v) is 5.84. The van der Waals surface area contributed by atoms with Gasteiger partial charge in [-0.1, -0.05) is 24.3 Å². The third-order valence-electron chi connectivity index (χ3n) is 3.00. The molecule has 0 saturated heterocycles. The van der Waals surface area contributed by atoms with E-state index >= 15 is 0 Å². The minimum Gasteiger partial charge on any atom is -0.438 e. The van der Waals surface area contributed by atoms with Gasteiger partial charge in [0.05, 0.1) is 0 Å². The number of hydrogen-bond donors (Lipinski definition) is 0. The summed E-state index contributed by atoms with van der Waals surface area (Å²) < 4.78 is 7.04. The van der Waals surface area contributed by atoms with Gasteiger partial charge in [0, 0.05) is 21.0 Å². The molecule has 20 heavy (non-hydrogen) atoms. The number of rotatable bonds is 3. The molecule has 0 aliphatic carbocycles. The maximum Gasteiger partial charge on any atom is 0.227 e. The monoisotopic (exact) mass is 395 g/mol. The van der Waals surface area contributed by atoms with E-state index in [2.05, 4.69) is 27.6 Å². The number of hydrogen-bond acceptors (Lipinski definition) is 2. The number of alkyl halides is 1. The molecule has 0 N–H and O–H groups in total. The summed E-state index contributed by atoms with van der Waals surface area (Å²) in [5.41, 5.74) is 1.01. The van der Waals surface area contributed by atoms with Crippen molar-refractivity contribution in [2.24, 2.45) is 0 Å². The van der Waals surface area contributed by atoms with Crippen LogP contribution in [0.15, 0.2) is 54.7 Å². The van der Waals surface area contributed by atoms with Gasteiger partial charge in [0.15, 0.2) is 0 Å². The Morgan fingerprint density at radius 2 is 1.85 bits per heavy atom. The molecule has 0 fully saturated rings. The van der Waals surface area contributed by atoms with E-state index in [0.29, 0.717) is 11.8 Å². The maximum atomic E-state index is 5.96. The minimum absolute atomic E-state index is 0.441. The number of nitrogens with zero attached hydrogens (tertiary/aromatic N) is 1. The average molecular weight is 396 g/mol. The number of benzene rings is 2. The van der Waals surface area contributed by atoms with Crippen LogP contribution in [0.3, 0.4) is 0 Å². The second-order valence-electron chi connectivity index (χ2n) is 4.33. The molecule has 1 heterocycles. The van der Waals surface area contributed by atoms with Crippen LogP contribution in [0.5, 0.6) is 11.6 Å². The Labute approximate surface area is 135 Å². The molecule has 0 bridgehead atoms. The highest BCUT2D eigenvalue weighted by Crippen LogP contribution is 2.30. The van der Waals surface area contributed by atoms with Gasteiger partial charge in [-0.2, -0.15) is 0 Å². The van der Waals surface area contributed by atoms with Crippen molar-refractivity contribution in [2.45, 2.75) is 5.88 Å². The van der Waals surface area contributed by atoms with Gasteiger partial charge in [0.1, 0.15) is 5.75 Å². The molecule has 2 aromatic carbocycles. The van der Waals surface area contributed by atoms with Gasteiger partial charge in [-0.25, -0.2) is 4.98 Å². The first-order valence-corrected chi connectivity index (χ1v) is 7.75. The van der Waals surface area contributed by atoms with Crippen molar-refractivity contribution in [3.05, 3.63) is 63.9 Å². The fourth-order valence-electron chi connectivity index (χ4n) is 2.06. The molecule has 0 spiro atoms. The molecular weight excluding hydrogens is 385 g/mol. The van der Waals surface area contributed by atoms with Crippen LogP contribution in [0.2, 0.25) is 0 Å². The van der Waals surface area contributed by atoms with Crippen molar-refractivity contribution >= 4 is 45.0 Å². The zero-order chi connectivity index (χ0) is 13.9. The summed E-state index contributed by atoms with van der Waals surface area (Å²) in [5.74, 6) is 1.83. The molecule has 100 valence electrons. The Hall–Kier alpha value is -1.33. The summed E-state index contributed by atoms with van der Waals surface area (Å²) in [4.78, 5) is 4.39. The predicted octanol–water partition coefficient (Wildman–Crippen LogP) is 5.37. The number of aromatic nitrogens is 1. The normalized spacial score (nSPS) is 10.7. The highest BCUT2D eigenvalue weighted by molar-refractivity contribution is 14.1. The molecule has 0 radical (unpaired) electrons. The van der Waals surface area contributed by atoms with E-state index in [-0.39, 0.29) is 0 Å². The quantitative estimate of drug-likeness (QED) is 0.439. The van der Waals surface area contributed by atoms with E-state index in [1.807, 2.05) is 48.5 Å². The highest BCUT2D eigenvalue weighted by atomic mass is 127. The first-order chi connectivity index (χ1) is 9.78. The molecule has 0 aliphatic heterocycles. The van der Waals surface area contributed by atoms with Gasteiger partial charge in [-0.3, -0.25) is 0 Å². The van der Waals surface area contributed by atoms with Crippen molar-refractivity contribution in [2.75, 3.05) is 0 Å². The van der Waals surface area contributed by atoms with Gasteiger partial charge >= 0.3 is 0 Å². The Kier molecular flexibility index (Phi) is 4.08. The van der Waals surface area contributed by atoms with E-state index in [0.717, 1.165) is 25.7 Å². The minimum atomic E-state index is 0.441. The van der Waals surface area contributed by atoms with E-state index < -0.39 is 0 Å². The summed E-state index contributed by atoms with van der Waals surface area (Å²) in [7, 11) is 0. The largest absolute Gasteiger partial charge is 0.438 e. The Morgan fingerprint density at radius 1 is 1.05 bits per heavy atom. The molecule has 3 aromatic rings. The lowest BCUT2D eigenvalue weighted by molar-refractivity contribution is 0.468. The van der Waals surface area contributed by atoms with Crippen LogP contribution < -0.4 is 4.74 Å². The Morgan fingerprint density at radius 3 is 2.60 bits per heavy atom. The van der Waals surface area contributed by atoms with E-state index in [1.54, 1.807) is 6.20 Å². The third kappa shape index (κ3) is 2.74. The van der Waals surface area contributed by atoms with Gasteiger partial charge in [-0.15, -0.1) is 11.6 Å². The Bertz CT molecular complexity index is 760. The molecule has 0 unspecified atom stereocenters. The molecule has 4 heteroatoms. The van der Waals surface area contributed by atoms with Crippen LogP contribution in [-0.4, -0.2) is 4.98 Å². The number of fused-ring (bicyclic) bond motifs is 1. The molecule has 2 nitrogen and oxygen atoms in total. The van der Waals surface area contributed by atoms with Crippen LogP contribution in [0.1, 0.15) is 5.56 Å². The van der Waals surface area contributed by atoms with Crippen LogP contribution in [-0.2, 0) is 5.88 Å². The number of ether oxygens (including phenoxy) is 1. The van der Waals surface area contributed by atoms with Crippen molar-refractivity contribution in [3.8, 4) is 11.6 Å². The smallest absolute Gasteiger partial charge is 0.227 e. The van der Waals surface area contributed by atoms with E-state index in [4.69, 9.17) is 16.3 Å². The molecule has 0 saturated carbocycles. The Balaban J connectivity index is 2.08. The fourth-order valence-corrected chi connectivity index (χ4v) is 2.78. The fraction of sp³-hybridized carbons (Fsp3) is 0.0625. The number of pyridine rings is 1. The molecular formula is C16H11ClINO. The van der Waals surface area contributed by atoms with Gasteiger partial charge in [0.2, 0.25) is 5.88 Å². The van der Waals surface area contributed by atoms with Gasteiger partial charge < -0.3 is 4.74 Å². The topological polar surface area (TPSA) is 22.1 Å². The van der Waals surface area contributed by atoms with Crippen molar-refractivity contribution in [3.63, 3.8) is 0 Å². The summed E-state index contributed by atoms with van der Waals surface area (Å²) in [6, 6.07) is 15.9. The van der Waals surface area contributed by atoms with Crippen molar-refractivity contribution < 1.29 is 4.74 Å². The lowest BCUT2D eigenvalue weighted by atomic mass is 10.1. The average Bonchev–Trinajstić information content (AvgIpc) is 2.48. The molecule has 3 rings (SSSR count). The molecule has 0 atom stereocenters. The predicted molar refractivity (Wildman–Crippen MR) is 90.5 cm³/mol. The van der Waals surface area contributed by atoms with Crippen molar-refractivity contribution in [1.82, 2.24) is 4.98 Å². The number of halogens is 2. The summed E-state index contributed by atoms with van der Waals surface area (Å²) in [5, 5.41) is 2.06. The van der Waals surface area contributed by atoms with Gasteiger partial charge in [-0.05, 0) is 57.8 Å². The third-order valence-corrected chi connectivity index (χ3v) is 3.95. The van der Waals surface area contributed by atoms with Crippen molar-refractivity contribution in [1.29, 1.82) is 0 Å². The summed E-state index contributed by atoms with van der Waals surface area (Å²) in [6.07, 6.45) is 1.78.